The van der Waals surface area contributed by atoms with Gasteiger partial charge in [0.25, 0.3) is 5.91 Å². The Morgan fingerprint density at radius 3 is 2.26 bits per heavy atom. The average Bonchev–Trinajstić information content (AvgIpc) is 3.30. The van der Waals surface area contributed by atoms with Gasteiger partial charge < -0.3 is 23.8 Å². The average molecular weight is 474 g/mol. The third-order valence-electron chi connectivity index (χ3n) is 6.20. The van der Waals surface area contributed by atoms with Gasteiger partial charge in [0.2, 0.25) is 0 Å². The quantitative estimate of drug-likeness (QED) is 0.478. The number of benzene rings is 3. The molecule has 5 rings (SSSR count). The van der Waals surface area contributed by atoms with Gasteiger partial charge in [0.05, 0.1) is 13.2 Å². The summed E-state index contributed by atoms with van der Waals surface area (Å²) in [5.41, 5.74) is 2.19. The Morgan fingerprint density at radius 2 is 1.60 bits per heavy atom. The van der Waals surface area contributed by atoms with E-state index in [0.29, 0.717) is 36.6 Å². The van der Waals surface area contributed by atoms with Crippen LogP contribution in [0.4, 0.5) is 4.79 Å². The van der Waals surface area contributed by atoms with Gasteiger partial charge in [-0.25, -0.2) is 4.79 Å². The van der Waals surface area contributed by atoms with Crippen LogP contribution in [0, 0.1) is 0 Å². The van der Waals surface area contributed by atoms with Crippen molar-refractivity contribution in [3.05, 3.63) is 95.6 Å². The Hall–Kier alpha value is -4.00. The van der Waals surface area contributed by atoms with Crippen LogP contribution in [0.2, 0.25) is 0 Å². The summed E-state index contributed by atoms with van der Waals surface area (Å²) in [7, 11) is 0. The van der Waals surface area contributed by atoms with E-state index in [9.17, 15) is 9.59 Å². The topological polar surface area (TPSA) is 74.3 Å². The smallest absolute Gasteiger partial charge is 0.440 e. The zero-order chi connectivity index (χ0) is 24.3. The minimum Gasteiger partial charge on any atom is -0.440 e. The second-order valence-electron chi connectivity index (χ2n) is 8.53. The fourth-order valence-corrected chi connectivity index (χ4v) is 4.54. The number of carbonyl (C=O) groups excluding carboxylic acids is 2. The molecule has 180 valence electrons. The van der Waals surface area contributed by atoms with Gasteiger partial charge >= 0.3 is 11.9 Å². The number of hydrogen-bond donors (Lipinski definition) is 0. The summed E-state index contributed by atoms with van der Waals surface area (Å²) in [5.74, 6) is -0.224. The highest BCUT2D eigenvalue weighted by atomic mass is 16.7. The van der Waals surface area contributed by atoms with E-state index in [4.69, 9.17) is 18.9 Å². The first-order valence-electron chi connectivity index (χ1n) is 11.8. The molecule has 7 heteroatoms. The number of fused-ring (bicyclic) bond motifs is 1. The molecular formula is C28H27NO6. The predicted octanol–water partition coefficient (Wildman–Crippen LogP) is 5.14. The van der Waals surface area contributed by atoms with Gasteiger partial charge in [-0.3, -0.25) is 4.79 Å². The number of ether oxygens (including phenoxy) is 4. The molecule has 1 unspecified atom stereocenters. The Bertz CT molecular complexity index is 1160. The third kappa shape index (κ3) is 4.54. The van der Waals surface area contributed by atoms with Gasteiger partial charge in [0.15, 0.2) is 11.5 Å². The molecule has 0 saturated carbocycles. The maximum absolute atomic E-state index is 13.3. The molecule has 0 N–H and O–H groups in total. The van der Waals surface area contributed by atoms with Gasteiger partial charge in [-0.15, -0.1) is 0 Å². The van der Waals surface area contributed by atoms with Gasteiger partial charge in [0, 0.05) is 23.2 Å². The van der Waals surface area contributed by atoms with E-state index in [2.05, 4.69) is 0 Å². The van der Waals surface area contributed by atoms with E-state index >= 15 is 0 Å². The highest BCUT2D eigenvalue weighted by Gasteiger charge is 2.45. The summed E-state index contributed by atoms with van der Waals surface area (Å²) in [6, 6.07) is 24.7. The van der Waals surface area contributed by atoms with Gasteiger partial charge in [-0.1, -0.05) is 60.7 Å². The number of hydrogen-bond acceptors (Lipinski definition) is 6. The third-order valence-corrected chi connectivity index (χ3v) is 6.20. The fraction of sp³-hybridized carbons (Fsp3) is 0.286. The van der Waals surface area contributed by atoms with Crippen molar-refractivity contribution in [3.63, 3.8) is 0 Å². The van der Waals surface area contributed by atoms with Crippen molar-refractivity contribution in [2.45, 2.75) is 31.7 Å². The molecule has 2 aliphatic rings. The maximum atomic E-state index is 13.3. The second-order valence-corrected chi connectivity index (χ2v) is 8.53. The van der Waals surface area contributed by atoms with Crippen LogP contribution < -0.4 is 9.47 Å². The maximum Gasteiger partial charge on any atom is 0.508 e. The van der Waals surface area contributed by atoms with Crippen LogP contribution in [0.15, 0.2) is 78.9 Å². The molecule has 0 aromatic heterocycles. The number of carbonyl (C=O) groups is 2. The van der Waals surface area contributed by atoms with Crippen LogP contribution in [-0.4, -0.2) is 42.8 Å². The fourth-order valence-electron chi connectivity index (χ4n) is 4.54. The lowest BCUT2D eigenvalue weighted by Crippen LogP contribution is -2.44. The van der Waals surface area contributed by atoms with Crippen LogP contribution in [0.1, 0.15) is 41.3 Å². The Kier molecular flexibility index (Phi) is 6.31. The molecule has 0 radical (unpaired) electrons. The van der Waals surface area contributed by atoms with E-state index in [-0.39, 0.29) is 18.6 Å². The van der Waals surface area contributed by atoms with Crippen molar-refractivity contribution >= 4 is 12.1 Å². The summed E-state index contributed by atoms with van der Waals surface area (Å²) < 4.78 is 23.1. The molecule has 1 fully saturated rings. The number of piperidine rings is 1. The lowest BCUT2D eigenvalue weighted by molar-refractivity contribution is -0.0459. The zero-order valence-electron chi connectivity index (χ0n) is 19.5. The van der Waals surface area contributed by atoms with Crippen molar-refractivity contribution in [2.24, 2.45) is 0 Å². The second kappa shape index (κ2) is 9.70. The number of amides is 1. The van der Waals surface area contributed by atoms with Crippen molar-refractivity contribution in [1.82, 2.24) is 4.90 Å². The molecule has 0 bridgehead atoms. The normalized spacial score (nSPS) is 18.1. The molecule has 1 saturated heterocycles. The monoisotopic (exact) mass is 473 g/mol. The first-order chi connectivity index (χ1) is 17.1. The van der Waals surface area contributed by atoms with Crippen LogP contribution in [0.3, 0.4) is 0 Å². The SMILES string of the molecule is CCOC(=O)OC1CCCN(C(=O)c2ccc3c(c2)OC(c2ccccc2)(c2ccccc2)O3)C1. The summed E-state index contributed by atoms with van der Waals surface area (Å²) >= 11 is 0. The van der Waals surface area contributed by atoms with E-state index in [1.54, 1.807) is 30.0 Å². The lowest BCUT2D eigenvalue weighted by atomic mass is 9.97. The molecule has 35 heavy (non-hydrogen) atoms. The van der Waals surface area contributed by atoms with Crippen LogP contribution in [0.5, 0.6) is 11.5 Å². The molecule has 0 aliphatic carbocycles. The summed E-state index contributed by atoms with van der Waals surface area (Å²) in [6.45, 7) is 2.89. The van der Waals surface area contributed by atoms with E-state index in [1.807, 2.05) is 60.7 Å². The van der Waals surface area contributed by atoms with Crippen molar-refractivity contribution in [1.29, 1.82) is 0 Å². The standard InChI is InChI=1S/C28H27NO6/c1-2-32-27(31)33-23-14-9-17-29(19-23)26(30)20-15-16-24-25(18-20)35-28(34-24,21-10-5-3-6-11-21)22-12-7-4-8-13-22/h3-8,10-13,15-16,18,23H,2,9,14,17,19H2,1H3. The molecule has 1 atom stereocenters. The summed E-state index contributed by atoms with van der Waals surface area (Å²) in [6.07, 6.45) is 0.351. The number of likely N-dealkylation sites (tertiary alicyclic amines) is 1. The van der Waals surface area contributed by atoms with Gasteiger partial charge in [-0.05, 0) is 38.0 Å². The zero-order valence-corrected chi connectivity index (χ0v) is 19.5. The first-order valence-corrected chi connectivity index (χ1v) is 11.8. The molecule has 3 aromatic rings. The Morgan fingerprint density at radius 1 is 0.943 bits per heavy atom. The van der Waals surface area contributed by atoms with Gasteiger partial charge in [0.1, 0.15) is 6.10 Å². The number of rotatable bonds is 5. The molecule has 1 amide bonds. The van der Waals surface area contributed by atoms with E-state index in [0.717, 1.165) is 17.5 Å². The molecular weight excluding hydrogens is 446 g/mol. The highest BCUT2D eigenvalue weighted by molar-refractivity contribution is 5.95. The minimum atomic E-state index is -1.14. The lowest BCUT2D eigenvalue weighted by Gasteiger charge is -2.32. The van der Waals surface area contributed by atoms with E-state index in [1.165, 1.54) is 0 Å². The van der Waals surface area contributed by atoms with Gasteiger partial charge in [-0.2, -0.15) is 0 Å². The van der Waals surface area contributed by atoms with Crippen LogP contribution >= 0.6 is 0 Å². The van der Waals surface area contributed by atoms with Crippen molar-refractivity contribution in [2.75, 3.05) is 19.7 Å². The molecule has 7 nitrogen and oxygen atoms in total. The predicted molar refractivity (Wildman–Crippen MR) is 128 cm³/mol. The van der Waals surface area contributed by atoms with E-state index < -0.39 is 11.9 Å². The molecule has 2 heterocycles. The molecule has 2 aliphatic heterocycles. The highest BCUT2D eigenvalue weighted by Crippen LogP contribution is 2.48. The Balaban J connectivity index is 1.38. The minimum absolute atomic E-state index is 0.148. The summed E-state index contributed by atoms with van der Waals surface area (Å²) in [5, 5.41) is 0. The number of nitrogens with zero attached hydrogens (tertiary/aromatic N) is 1. The largest absolute Gasteiger partial charge is 0.508 e. The van der Waals surface area contributed by atoms with Crippen LogP contribution in [-0.2, 0) is 15.3 Å². The molecule has 0 spiro atoms. The van der Waals surface area contributed by atoms with Crippen molar-refractivity contribution < 1.29 is 28.5 Å². The summed E-state index contributed by atoms with van der Waals surface area (Å²) in [4.78, 5) is 26.7. The van der Waals surface area contributed by atoms with Crippen molar-refractivity contribution in [3.8, 4) is 11.5 Å². The molecule has 3 aromatic carbocycles. The van der Waals surface area contributed by atoms with Crippen LogP contribution in [0.25, 0.3) is 0 Å². The Labute approximate surface area is 204 Å². The first kappa shape index (κ1) is 22.8.